The molecule has 0 amide bonds. The van der Waals surface area contributed by atoms with E-state index >= 15 is 0 Å². The molecule has 0 unspecified atom stereocenters. The highest BCUT2D eigenvalue weighted by atomic mass is 32.1. The predicted octanol–water partition coefficient (Wildman–Crippen LogP) is 2.37. The molecule has 1 N–H and O–H groups in total. The zero-order valence-electron chi connectivity index (χ0n) is 6.91. The van der Waals surface area contributed by atoms with E-state index in [4.69, 9.17) is 4.42 Å². The number of nitrogens with one attached hydrogen (secondary N) is 1. The SMILES string of the molecule is c1coc(-c2nc3c(s2)CCN3)c1. The van der Waals surface area contributed by atoms with E-state index in [0.29, 0.717) is 0 Å². The molecular weight excluding hydrogens is 184 g/mol. The Morgan fingerprint density at radius 1 is 1.54 bits per heavy atom. The van der Waals surface area contributed by atoms with Gasteiger partial charge in [-0.1, -0.05) is 0 Å². The monoisotopic (exact) mass is 192 g/mol. The number of aromatic nitrogens is 1. The molecular formula is C9H8N2OS. The summed E-state index contributed by atoms with van der Waals surface area (Å²) in [6.07, 6.45) is 2.77. The van der Waals surface area contributed by atoms with Crippen LogP contribution in [0.1, 0.15) is 4.88 Å². The summed E-state index contributed by atoms with van der Waals surface area (Å²) in [4.78, 5) is 5.79. The summed E-state index contributed by atoms with van der Waals surface area (Å²) in [5.74, 6) is 1.90. The maximum absolute atomic E-state index is 5.28. The van der Waals surface area contributed by atoms with Crippen LogP contribution in [0.4, 0.5) is 5.82 Å². The van der Waals surface area contributed by atoms with E-state index in [0.717, 1.165) is 29.6 Å². The van der Waals surface area contributed by atoms with Gasteiger partial charge in [-0.05, 0) is 12.1 Å². The van der Waals surface area contributed by atoms with Gasteiger partial charge in [-0.15, -0.1) is 11.3 Å². The van der Waals surface area contributed by atoms with Crippen LogP contribution in [0.3, 0.4) is 0 Å². The summed E-state index contributed by atoms with van der Waals surface area (Å²) in [7, 11) is 0. The van der Waals surface area contributed by atoms with Crippen LogP contribution in [0.5, 0.6) is 0 Å². The Morgan fingerprint density at radius 2 is 2.54 bits per heavy atom. The van der Waals surface area contributed by atoms with Crippen LogP contribution in [0.15, 0.2) is 22.8 Å². The third-order valence-electron chi connectivity index (χ3n) is 2.07. The normalized spacial score (nSPS) is 14.2. The Kier molecular flexibility index (Phi) is 1.43. The Morgan fingerprint density at radius 3 is 3.31 bits per heavy atom. The molecule has 2 aromatic heterocycles. The molecule has 0 saturated carbocycles. The second-order valence-corrected chi connectivity index (χ2v) is 4.03. The molecule has 1 aliphatic heterocycles. The molecule has 3 rings (SSSR count). The van der Waals surface area contributed by atoms with Gasteiger partial charge >= 0.3 is 0 Å². The Labute approximate surface area is 79.4 Å². The van der Waals surface area contributed by atoms with Crippen LogP contribution >= 0.6 is 11.3 Å². The number of nitrogens with zero attached hydrogens (tertiary/aromatic N) is 1. The molecule has 3 nitrogen and oxygen atoms in total. The minimum absolute atomic E-state index is 0.862. The number of hydrogen-bond donors (Lipinski definition) is 1. The highest BCUT2D eigenvalue weighted by molar-refractivity contribution is 7.15. The standard InChI is InChI=1S/C9H8N2OS/c1-2-6(12-5-1)9-11-8-7(13-9)3-4-10-8/h1-2,5,10H,3-4H2. The molecule has 0 atom stereocenters. The summed E-state index contributed by atoms with van der Waals surface area (Å²) in [6.45, 7) is 1.02. The maximum atomic E-state index is 5.28. The lowest BCUT2D eigenvalue weighted by atomic mass is 10.4. The third-order valence-corrected chi connectivity index (χ3v) is 3.20. The summed E-state index contributed by atoms with van der Waals surface area (Å²) in [5, 5.41) is 4.21. The van der Waals surface area contributed by atoms with E-state index < -0.39 is 0 Å². The number of anilines is 1. The number of hydrogen-bond acceptors (Lipinski definition) is 4. The summed E-state index contributed by atoms with van der Waals surface area (Å²) in [6, 6.07) is 3.82. The van der Waals surface area contributed by atoms with Crippen molar-refractivity contribution in [1.82, 2.24) is 4.98 Å². The maximum Gasteiger partial charge on any atom is 0.162 e. The van der Waals surface area contributed by atoms with Crippen LogP contribution in [-0.2, 0) is 6.42 Å². The van der Waals surface area contributed by atoms with E-state index in [2.05, 4.69) is 10.3 Å². The topological polar surface area (TPSA) is 38.1 Å². The van der Waals surface area contributed by atoms with Crippen molar-refractivity contribution in [3.8, 4) is 10.8 Å². The first-order chi connectivity index (χ1) is 6.43. The molecule has 0 bridgehead atoms. The van der Waals surface area contributed by atoms with Gasteiger partial charge in [-0.2, -0.15) is 0 Å². The summed E-state index contributed by atoms with van der Waals surface area (Å²) >= 11 is 1.71. The minimum atomic E-state index is 0.862. The fourth-order valence-corrected chi connectivity index (χ4v) is 2.47. The van der Waals surface area contributed by atoms with E-state index in [1.165, 1.54) is 4.88 Å². The second-order valence-electron chi connectivity index (χ2n) is 2.94. The van der Waals surface area contributed by atoms with Gasteiger partial charge in [0.2, 0.25) is 0 Å². The van der Waals surface area contributed by atoms with Crippen molar-refractivity contribution in [2.75, 3.05) is 11.9 Å². The van der Waals surface area contributed by atoms with Gasteiger partial charge in [0.25, 0.3) is 0 Å². The van der Waals surface area contributed by atoms with E-state index in [9.17, 15) is 0 Å². The molecule has 0 aromatic carbocycles. The number of fused-ring (bicyclic) bond motifs is 1. The smallest absolute Gasteiger partial charge is 0.162 e. The first-order valence-corrected chi connectivity index (χ1v) is 5.02. The van der Waals surface area contributed by atoms with Crippen LogP contribution in [0, 0.1) is 0 Å². The fourth-order valence-electron chi connectivity index (χ4n) is 1.46. The highest BCUT2D eigenvalue weighted by Crippen LogP contribution is 2.33. The lowest BCUT2D eigenvalue weighted by Gasteiger charge is -1.90. The van der Waals surface area contributed by atoms with Gasteiger partial charge < -0.3 is 9.73 Å². The van der Waals surface area contributed by atoms with Crippen molar-refractivity contribution in [1.29, 1.82) is 0 Å². The number of rotatable bonds is 1. The van der Waals surface area contributed by atoms with E-state index in [1.807, 2.05) is 12.1 Å². The average Bonchev–Trinajstić information content (AvgIpc) is 2.78. The van der Waals surface area contributed by atoms with Crippen molar-refractivity contribution in [3.05, 3.63) is 23.3 Å². The van der Waals surface area contributed by atoms with E-state index in [1.54, 1.807) is 17.6 Å². The molecule has 0 spiro atoms. The van der Waals surface area contributed by atoms with Gasteiger partial charge in [-0.3, -0.25) is 0 Å². The fraction of sp³-hybridized carbons (Fsp3) is 0.222. The molecule has 3 heterocycles. The molecule has 2 aromatic rings. The molecule has 66 valence electrons. The summed E-state index contributed by atoms with van der Waals surface area (Å²) < 4.78 is 5.28. The van der Waals surface area contributed by atoms with Crippen LogP contribution < -0.4 is 5.32 Å². The zero-order valence-corrected chi connectivity index (χ0v) is 7.73. The average molecular weight is 192 g/mol. The first-order valence-electron chi connectivity index (χ1n) is 4.21. The Bertz CT molecular complexity index is 397. The van der Waals surface area contributed by atoms with Gasteiger partial charge in [-0.25, -0.2) is 4.98 Å². The number of furan rings is 1. The lowest BCUT2D eigenvalue weighted by Crippen LogP contribution is -1.93. The predicted molar refractivity (Wildman–Crippen MR) is 52.0 cm³/mol. The van der Waals surface area contributed by atoms with E-state index in [-0.39, 0.29) is 0 Å². The third kappa shape index (κ3) is 1.06. The van der Waals surface area contributed by atoms with Crippen molar-refractivity contribution >= 4 is 17.2 Å². The molecule has 0 radical (unpaired) electrons. The molecule has 1 aliphatic rings. The molecule has 0 saturated heterocycles. The molecule has 13 heavy (non-hydrogen) atoms. The molecule has 0 fully saturated rings. The molecule has 4 heteroatoms. The first kappa shape index (κ1) is 7.15. The Hall–Kier alpha value is -1.29. The number of thiazole rings is 1. The largest absolute Gasteiger partial charge is 0.462 e. The van der Waals surface area contributed by atoms with Crippen LogP contribution in [-0.4, -0.2) is 11.5 Å². The van der Waals surface area contributed by atoms with Crippen molar-refractivity contribution in [3.63, 3.8) is 0 Å². The second kappa shape index (κ2) is 2.60. The molecule has 0 aliphatic carbocycles. The van der Waals surface area contributed by atoms with Gasteiger partial charge in [0.05, 0.1) is 11.1 Å². The zero-order chi connectivity index (χ0) is 8.67. The lowest BCUT2D eigenvalue weighted by molar-refractivity contribution is 0.582. The van der Waals surface area contributed by atoms with Crippen LogP contribution in [0.25, 0.3) is 10.8 Å². The van der Waals surface area contributed by atoms with Gasteiger partial charge in [0.15, 0.2) is 10.8 Å². The quantitative estimate of drug-likeness (QED) is 0.753. The van der Waals surface area contributed by atoms with Gasteiger partial charge in [0, 0.05) is 13.0 Å². The Balaban J connectivity index is 2.08. The van der Waals surface area contributed by atoms with Crippen molar-refractivity contribution in [2.24, 2.45) is 0 Å². The summed E-state index contributed by atoms with van der Waals surface area (Å²) in [5.41, 5.74) is 0. The highest BCUT2D eigenvalue weighted by Gasteiger charge is 2.17. The van der Waals surface area contributed by atoms with Crippen LogP contribution in [0.2, 0.25) is 0 Å². The van der Waals surface area contributed by atoms with Gasteiger partial charge in [0.1, 0.15) is 5.82 Å². The minimum Gasteiger partial charge on any atom is -0.462 e. The van der Waals surface area contributed by atoms with Crippen molar-refractivity contribution < 1.29 is 4.42 Å². The van der Waals surface area contributed by atoms with Crippen molar-refractivity contribution in [2.45, 2.75) is 6.42 Å².